The highest BCUT2D eigenvalue weighted by molar-refractivity contribution is 6.04. The van der Waals surface area contributed by atoms with E-state index < -0.39 is 0 Å². The van der Waals surface area contributed by atoms with Crippen LogP contribution in [0.5, 0.6) is 0 Å². The Labute approximate surface area is 196 Å². The first-order valence-corrected chi connectivity index (χ1v) is 12.0. The molecule has 3 nitrogen and oxygen atoms in total. The molecule has 33 heavy (non-hydrogen) atoms. The van der Waals surface area contributed by atoms with E-state index in [1.54, 1.807) is 6.07 Å². The van der Waals surface area contributed by atoms with Crippen LogP contribution in [0.15, 0.2) is 65.7 Å². The zero-order chi connectivity index (χ0) is 23.4. The van der Waals surface area contributed by atoms with Gasteiger partial charge >= 0.3 is 0 Å². The summed E-state index contributed by atoms with van der Waals surface area (Å²) in [6, 6.07) is 19.9. The molecule has 172 valence electrons. The van der Waals surface area contributed by atoms with E-state index in [1.165, 1.54) is 37.7 Å². The molecule has 0 amide bonds. The van der Waals surface area contributed by atoms with Gasteiger partial charge in [0, 0.05) is 11.3 Å². The number of nitrogen functional groups attached to an aromatic ring is 1. The first-order chi connectivity index (χ1) is 16.0. The number of aryl methyl sites for hydroxylation is 1. The molecule has 3 aromatic rings. The molecule has 0 aromatic heterocycles. The van der Waals surface area contributed by atoms with Crippen LogP contribution in [0.25, 0.3) is 11.1 Å². The van der Waals surface area contributed by atoms with Gasteiger partial charge in [-0.05, 0) is 84.2 Å². The van der Waals surface area contributed by atoms with Crippen molar-refractivity contribution in [3.8, 4) is 11.1 Å². The molecule has 1 aliphatic carbocycles. The first kappa shape index (κ1) is 23.2. The average Bonchev–Trinajstić information content (AvgIpc) is 2.84. The van der Waals surface area contributed by atoms with Gasteiger partial charge in [-0.3, -0.25) is 10.8 Å². The average molecular weight is 444 g/mol. The third-order valence-corrected chi connectivity index (χ3v) is 6.72. The number of nitrogens with two attached hydrogens (primary N) is 1. The van der Waals surface area contributed by atoms with Crippen molar-refractivity contribution in [3.63, 3.8) is 0 Å². The number of nitrogens with zero attached hydrogens (tertiary/aromatic N) is 1. The third-order valence-electron chi connectivity index (χ3n) is 6.72. The third kappa shape index (κ3) is 5.33. The molecule has 1 fully saturated rings. The predicted octanol–water partition coefficient (Wildman–Crippen LogP) is 7.91. The standard InChI is InChI=1S/C29H34FN3/c1-19(2)29(32-28-16-14-25(33-31)17-20(28)3)26-15-13-24(18-27(26)30)23-11-9-22(10-12-23)21-7-5-4-6-8-21/h9-19,21,33H,4-8,31H2,1-3H3. The lowest BCUT2D eigenvalue weighted by atomic mass is 9.83. The van der Waals surface area contributed by atoms with Crippen molar-refractivity contribution in [2.75, 3.05) is 5.43 Å². The lowest BCUT2D eigenvalue weighted by molar-refractivity contribution is 0.443. The number of hydrogen-bond acceptors (Lipinski definition) is 3. The van der Waals surface area contributed by atoms with Crippen molar-refractivity contribution in [2.45, 2.75) is 58.8 Å². The van der Waals surface area contributed by atoms with Crippen molar-refractivity contribution in [1.29, 1.82) is 0 Å². The summed E-state index contributed by atoms with van der Waals surface area (Å²) in [6.07, 6.45) is 6.58. The first-order valence-electron chi connectivity index (χ1n) is 12.0. The highest BCUT2D eigenvalue weighted by Gasteiger charge is 2.17. The van der Waals surface area contributed by atoms with Gasteiger partial charge in [0.25, 0.3) is 0 Å². The van der Waals surface area contributed by atoms with E-state index in [2.05, 4.69) is 29.7 Å². The van der Waals surface area contributed by atoms with Gasteiger partial charge in [0.1, 0.15) is 5.82 Å². The van der Waals surface area contributed by atoms with E-state index in [0.717, 1.165) is 33.8 Å². The maximum Gasteiger partial charge on any atom is 0.132 e. The Bertz CT molecular complexity index is 1130. The maximum absolute atomic E-state index is 15.3. The zero-order valence-corrected chi connectivity index (χ0v) is 19.9. The zero-order valence-electron chi connectivity index (χ0n) is 19.9. The summed E-state index contributed by atoms with van der Waals surface area (Å²) in [7, 11) is 0. The van der Waals surface area contributed by atoms with E-state index in [9.17, 15) is 0 Å². The number of benzene rings is 3. The van der Waals surface area contributed by atoms with E-state index in [0.29, 0.717) is 11.5 Å². The van der Waals surface area contributed by atoms with E-state index in [1.807, 2.05) is 51.1 Å². The van der Waals surface area contributed by atoms with Crippen LogP contribution in [0.1, 0.15) is 68.6 Å². The van der Waals surface area contributed by atoms with Gasteiger partial charge in [-0.1, -0.05) is 63.4 Å². The smallest absolute Gasteiger partial charge is 0.132 e. The minimum absolute atomic E-state index is 0.0758. The largest absolute Gasteiger partial charge is 0.324 e. The summed E-state index contributed by atoms with van der Waals surface area (Å²) in [6.45, 7) is 6.07. The number of nitrogens with one attached hydrogen (secondary N) is 1. The van der Waals surface area contributed by atoms with Gasteiger partial charge in [-0.15, -0.1) is 0 Å². The molecule has 0 heterocycles. The summed E-state index contributed by atoms with van der Waals surface area (Å²) in [5.41, 5.74) is 9.91. The van der Waals surface area contributed by atoms with Crippen LogP contribution in [-0.2, 0) is 0 Å². The molecule has 0 unspecified atom stereocenters. The van der Waals surface area contributed by atoms with Gasteiger partial charge in [0.2, 0.25) is 0 Å². The van der Waals surface area contributed by atoms with Gasteiger partial charge in [-0.25, -0.2) is 4.39 Å². The van der Waals surface area contributed by atoms with E-state index >= 15 is 4.39 Å². The lowest BCUT2D eigenvalue weighted by Crippen LogP contribution is -2.12. The number of anilines is 1. The molecule has 3 aromatic carbocycles. The second-order valence-corrected chi connectivity index (χ2v) is 9.45. The van der Waals surface area contributed by atoms with Crippen LogP contribution in [0.2, 0.25) is 0 Å². The SMILES string of the molecule is Cc1cc(NN)ccc1N=C(c1ccc(-c2ccc(C3CCCCC3)cc2)cc1F)C(C)C. The van der Waals surface area contributed by atoms with Crippen molar-refractivity contribution in [1.82, 2.24) is 0 Å². The molecule has 0 radical (unpaired) electrons. The minimum Gasteiger partial charge on any atom is -0.324 e. The number of hydrogen-bond donors (Lipinski definition) is 2. The molecule has 4 rings (SSSR count). The predicted molar refractivity (Wildman–Crippen MR) is 138 cm³/mol. The maximum atomic E-state index is 15.3. The van der Waals surface area contributed by atoms with Crippen molar-refractivity contribution in [3.05, 3.63) is 83.2 Å². The van der Waals surface area contributed by atoms with Crippen LogP contribution in [0.3, 0.4) is 0 Å². The van der Waals surface area contributed by atoms with Gasteiger partial charge < -0.3 is 5.43 Å². The van der Waals surface area contributed by atoms with Crippen LogP contribution in [0, 0.1) is 18.7 Å². The molecular formula is C29H34FN3. The Morgan fingerprint density at radius 3 is 2.24 bits per heavy atom. The molecule has 0 bridgehead atoms. The summed E-state index contributed by atoms with van der Waals surface area (Å²) in [5.74, 6) is 6.01. The number of aliphatic imine (C=N–C) groups is 1. The molecule has 1 saturated carbocycles. The summed E-state index contributed by atoms with van der Waals surface area (Å²) < 4.78 is 15.3. The number of rotatable bonds is 6. The van der Waals surface area contributed by atoms with Crippen LogP contribution >= 0.6 is 0 Å². The number of hydrazine groups is 1. The Hall–Kier alpha value is -2.98. The molecule has 0 aliphatic heterocycles. The second-order valence-electron chi connectivity index (χ2n) is 9.45. The Kier molecular flexibility index (Phi) is 7.24. The molecule has 1 aliphatic rings. The van der Waals surface area contributed by atoms with Gasteiger partial charge in [0.05, 0.1) is 11.4 Å². The molecule has 0 spiro atoms. The highest BCUT2D eigenvalue weighted by atomic mass is 19.1. The van der Waals surface area contributed by atoms with E-state index in [-0.39, 0.29) is 11.7 Å². The van der Waals surface area contributed by atoms with Gasteiger partial charge in [-0.2, -0.15) is 0 Å². The van der Waals surface area contributed by atoms with Crippen molar-refractivity contribution < 1.29 is 4.39 Å². The Morgan fingerprint density at radius 2 is 1.64 bits per heavy atom. The highest BCUT2D eigenvalue weighted by Crippen LogP contribution is 2.34. The quantitative estimate of drug-likeness (QED) is 0.231. The van der Waals surface area contributed by atoms with E-state index in [4.69, 9.17) is 10.8 Å². The fourth-order valence-electron chi connectivity index (χ4n) is 4.79. The molecule has 4 heteroatoms. The van der Waals surface area contributed by atoms with Gasteiger partial charge in [0.15, 0.2) is 0 Å². The second kappa shape index (κ2) is 10.3. The minimum atomic E-state index is -0.241. The van der Waals surface area contributed by atoms with Crippen molar-refractivity contribution in [2.24, 2.45) is 16.8 Å². The summed E-state index contributed by atoms with van der Waals surface area (Å²) in [5, 5.41) is 0. The molecule has 3 N–H and O–H groups in total. The van der Waals surface area contributed by atoms with Crippen LogP contribution < -0.4 is 11.3 Å². The fraction of sp³-hybridized carbons (Fsp3) is 0.345. The number of halogens is 1. The fourth-order valence-corrected chi connectivity index (χ4v) is 4.79. The summed E-state index contributed by atoms with van der Waals surface area (Å²) in [4.78, 5) is 4.84. The molecular weight excluding hydrogens is 409 g/mol. The Morgan fingerprint density at radius 1 is 0.939 bits per heavy atom. The van der Waals surface area contributed by atoms with Crippen LogP contribution in [0.4, 0.5) is 15.8 Å². The Balaban J connectivity index is 1.61. The summed E-state index contributed by atoms with van der Waals surface area (Å²) >= 11 is 0. The van der Waals surface area contributed by atoms with Crippen molar-refractivity contribution >= 4 is 17.1 Å². The topological polar surface area (TPSA) is 50.4 Å². The van der Waals surface area contributed by atoms with Crippen LogP contribution in [-0.4, -0.2) is 5.71 Å². The monoisotopic (exact) mass is 443 g/mol. The molecule has 0 saturated heterocycles. The molecule has 0 atom stereocenters. The lowest BCUT2D eigenvalue weighted by Gasteiger charge is -2.22. The normalized spacial score (nSPS) is 15.2.